The number of piperazine rings is 1. The molecular formula is C20H23N7O2. The predicted octanol–water partition coefficient (Wildman–Crippen LogP) is 0.876. The fourth-order valence-corrected chi connectivity index (χ4v) is 3.85. The minimum atomic E-state index is -0.0982. The zero-order chi connectivity index (χ0) is 19.6. The molecule has 2 aliphatic rings. The van der Waals surface area contributed by atoms with Gasteiger partial charge in [-0.05, 0) is 12.1 Å². The van der Waals surface area contributed by atoms with Crippen LogP contribution in [0.2, 0.25) is 0 Å². The van der Waals surface area contributed by atoms with Crippen molar-refractivity contribution < 1.29 is 4.74 Å². The first kappa shape index (κ1) is 17.9. The summed E-state index contributed by atoms with van der Waals surface area (Å²) in [5, 5.41) is 0.617. The Kier molecular flexibility index (Phi) is 4.73. The fourth-order valence-electron chi connectivity index (χ4n) is 3.85. The number of fused-ring (bicyclic) bond motifs is 1. The first-order valence-electron chi connectivity index (χ1n) is 9.92. The molecule has 0 aliphatic carbocycles. The minimum Gasteiger partial charge on any atom is -0.378 e. The second kappa shape index (κ2) is 7.67. The summed E-state index contributed by atoms with van der Waals surface area (Å²) in [5.74, 6) is 2.51. The molecule has 4 heterocycles. The Labute approximate surface area is 168 Å². The standard InChI is InChI=1S/C20H23N7O2/c28-19-15-3-1-2-4-16(15)23-20(24-19)27-7-5-25(6-8-27)17-13-18(22-14-21-17)26-9-11-29-12-10-26/h1-4,13-14H,5-12H2,(H,23,24,28). The van der Waals surface area contributed by atoms with Gasteiger partial charge < -0.3 is 19.4 Å². The van der Waals surface area contributed by atoms with Crippen LogP contribution in [0.15, 0.2) is 41.5 Å². The monoisotopic (exact) mass is 393 g/mol. The van der Waals surface area contributed by atoms with Crippen LogP contribution in [0.4, 0.5) is 17.6 Å². The van der Waals surface area contributed by atoms with Gasteiger partial charge in [-0.2, -0.15) is 0 Å². The third-order valence-corrected chi connectivity index (χ3v) is 5.48. The molecule has 2 aliphatic heterocycles. The highest BCUT2D eigenvalue weighted by molar-refractivity contribution is 5.78. The Hall–Kier alpha value is -3.20. The molecule has 3 aromatic rings. The SMILES string of the molecule is O=c1[nH]c(N2CCN(c3cc(N4CCOCC4)ncn3)CC2)nc2ccccc12. The molecular weight excluding hydrogens is 370 g/mol. The van der Waals surface area contributed by atoms with E-state index in [0.717, 1.165) is 69.6 Å². The van der Waals surface area contributed by atoms with Crippen molar-refractivity contribution in [3.63, 3.8) is 0 Å². The van der Waals surface area contributed by atoms with Crippen molar-refractivity contribution >= 4 is 28.5 Å². The quantitative estimate of drug-likeness (QED) is 0.701. The largest absolute Gasteiger partial charge is 0.378 e. The van der Waals surface area contributed by atoms with Crippen molar-refractivity contribution in [3.8, 4) is 0 Å². The minimum absolute atomic E-state index is 0.0982. The van der Waals surface area contributed by atoms with E-state index in [4.69, 9.17) is 4.74 Å². The Morgan fingerprint density at radius 3 is 2.28 bits per heavy atom. The number of H-pyrrole nitrogens is 1. The summed E-state index contributed by atoms with van der Waals surface area (Å²) in [5.41, 5.74) is 0.624. The van der Waals surface area contributed by atoms with E-state index in [-0.39, 0.29) is 5.56 Å². The molecule has 1 N–H and O–H groups in total. The third kappa shape index (κ3) is 3.61. The number of hydrogen-bond acceptors (Lipinski definition) is 8. The van der Waals surface area contributed by atoms with E-state index in [1.807, 2.05) is 18.2 Å². The molecule has 2 aromatic heterocycles. The van der Waals surface area contributed by atoms with Gasteiger partial charge in [-0.25, -0.2) is 15.0 Å². The number of benzene rings is 1. The topological polar surface area (TPSA) is 90.5 Å². The van der Waals surface area contributed by atoms with E-state index in [0.29, 0.717) is 11.3 Å². The van der Waals surface area contributed by atoms with Crippen molar-refractivity contribution in [1.29, 1.82) is 0 Å². The van der Waals surface area contributed by atoms with Crippen LogP contribution in [-0.4, -0.2) is 72.4 Å². The molecule has 2 saturated heterocycles. The van der Waals surface area contributed by atoms with Crippen molar-refractivity contribution in [1.82, 2.24) is 19.9 Å². The molecule has 9 heteroatoms. The van der Waals surface area contributed by atoms with Crippen molar-refractivity contribution in [3.05, 3.63) is 47.0 Å². The lowest BCUT2D eigenvalue weighted by molar-refractivity contribution is 0.122. The highest BCUT2D eigenvalue weighted by atomic mass is 16.5. The van der Waals surface area contributed by atoms with Crippen LogP contribution in [0.5, 0.6) is 0 Å². The van der Waals surface area contributed by atoms with Crippen LogP contribution >= 0.6 is 0 Å². The summed E-state index contributed by atoms with van der Waals surface area (Å²) >= 11 is 0. The Balaban J connectivity index is 1.30. The Morgan fingerprint density at radius 1 is 0.862 bits per heavy atom. The normalized spacial score (nSPS) is 17.7. The molecule has 0 bridgehead atoms. The molecule has 0 radical (unpaired) electrons. The van der Waals surface area contributed by atoms with Gasteiger partial charge in [0.2, 0.25) is 5.95 Å². The summed E-state index contributed by atoms with van der Waals surface area (Å²) in [6, 6.07) is 9.47. The fraction of sp³-hybridized carbons (Fsp3) is 0.400. The van der Waals surface area contributed by atoms with Gasteiger partial charge >= 0.3 is 0 Å². The first-order valence-corrected chi connectivity index (χ1v) is 9.92. The van der Waals surface area contributed by atoms with E-state index in [1.54, 1.807) is 12.4 Å². The maximum atomic E-state index is 12.4. The summed E-state index contributed by atoms with van der Waals surface area (Å²) in [7, 11) is 0. The Morgan fingerprint density at radius 2 is 1.52 bits per heavy atom. The average Bonchev–Trinajstić information content (AvgIpc) is 2.80. The number of anilines is 3. The lowest BCUT2D eigenvalue weighted by Gasteiger charge is -2.36. The highest BCUT2D eigenvalue weighted by Gasteiger charge is 2.22. The van der Waals surface area contributed by atoms with E-state index >= 15 is 0 Å². The Bertz CT molecular complexity index is 1060. The van der Waals surface area contributed by atoms with Gasteiger partial charge in [0.05, 0.1) is 24.1 Å². The van der Waals surface area contributed by atoms with Crippen LogP contribution in [0.1, 0.15) is 0 Å². The molecule has 9 nitrogen and oxygen atoms in total. The van der Waals surface area contributed by atoms with Crippen molar-refractivity contribution in [2.45, 2.75) is 0 Å². The van der Waals surface area contributed by atoms with Gasteiger partial charge in [0.15, 0.2) is 0 Å². The van der Waals surface area contributed by atoms with E-state index in [2.05, 4.69) is 40.7 Å². The predicted molar refractivity (Wildman–Crippen MR) is 112 cm³/mol. The van der Waals surface area contributed by atoms with E-state index in [9.17, 15) is 4.79 Å². The lowest BCUT2D eigenvalue weighted by atomic mass is 10.2. The second-order valence-electron chi connectivity index (χ2n) is 7.21. The number of ether oxygens (including phenoxy) is 1. The molecule has 5 rings (SSSR count). The number of morpholine rings is 1. The van der Waals surface area contributed by atoms with Crippen LogP contribution in [0.3, 0.4) is 0 Å². The molecule has 0 unspecified atom stereocenters. The summed E-state index contributed by atoms with van der Waals surface area (Å²) in [6.45, 7) is 6.29. The summed E-state index contributed by atoms with van der Waals surface area (Å²) < 4.78 is 5.42. The number of aromatic amines is 1. The van der Waals surface area contributed by atoms with Gasteiger partial charge in [-0.3, -0.25) is 9.78 Å². The van der Waals surface area contributed by atoms with E-state index in [1.165, 1.54) is 0 Å². The molecule has 2 fully saturated rings. The van der Waals surface area contributed by atoms with Gasteiger partial charge in [0.25, 0.3) is 5.56 Å². The molecule has 29 heavy (non-hydrogen) atoms. The van der Waals surface area contributed by atoms with Crippen molar-refractivity contribution in [2.24, 2.45) is 0 Å². The van der Waals surface area contributed by atoms with E-state index < -0.39 is 0 Å². The number of aromatic nitrogens is 4. The number of nitrogens with zero attached hydrogens (tertiary/aromatic N) is 6. The maximum Gasteiger partial charge on any atom is 0.260 e. The molecule has 0 spiro atoms. The smallest absolute Gasteiger partial charge is 0.260 e. The first-order chi connectivity index (χ1) is 14.3. The van der Waals surface area contributed by atoms with Crippen LogP contribution in [0, 0.1) is 0 Å². The number of nitrogens with one attached hydrogen (secondary N) is 1. The van der Waals surface area contributed by atoms with Crippen molar-refractivity contribution in [2.75, 3.05) is 67.2 Å². The third-order valence-electron chi connectivity index (χ3n) is 5.48. The average molecular weight is 393 g/mol. The number of hydrogen-bond donors (Lipinski definition) is 1. The highest BCUT2D eigenvalue weighted by Crippen LogP contribution is 2.21. The zero-order valence-corrected chi connectivity index (χ0v) is 16.1. The number of para-hydroxylation sites is 1. The van der Waals surface area contributed by atoms with Crippen LogP contribution in [0.25, 0.3) is 10.9 Å². The molecule has 0 saturated carbocycles. The second-order valence-corrected chi connectivity index (χ2v) is 7.21. The molecule has 0 atom stereocenters. The van der Waals surface area contributed by atoms with Gasteiger partial charge in [-0.15, -0.1) is 0 Å². The van der Waals surface area contributed by atoms with Gasteiger partial charge in [0, 0.05) is 45.3 Å². The maximum absolute atomic E-state index is 12.4. The molecule has 0 amide bonds. The van der Waals surface area contributed by atoms with Gasteiger partial charge in [-0.1, -0.05) is 12.1 Å². The summed E-state index contributed by atoms with van der Waals surface area (Å²) in [4.78, 5) is 35.4. The molecule has 1 aromatic carbocycles. The van der Waals surface area contributed by atoms with Gasteiger partial charge in [0.1, 0.15) is 18.0 Å². The van der Waals surface area contributed by atoms with Crippen LogP contribution in [-0.2, 0) is 4.74 Å². The van der Waals surface area contributed by atoms with Crippen LogP contribution < -0.4 is 20.3 Å². The summed E-state index contributed by atoms with van der Waals surface area (Å²) in [6.07, 6.45) is 1.63. The molecule has 150 valence electrons. The lowest BCUT2D eigenvalue weighted by Crippen LogP contribution is -2.48. The number of rotatable bonds is 3. The zero-order valence-electron chi connectivity index (χ0n) is 16.1.